The van der Waals surface area contributed by atoms with Crippen LogP contribution in [0.5, 0.6) is 0 Å². The fourth-order valence-corrected chi connectivity index (χ4v) is 4.42. The topological polar surface area (TPSA) is 157 Å². The first-order chi connectivity index (χ1) is 16.1. The van der Waals surface area contributed by atoms with Gasteiger partial charge in [-0.05, 0) is 30.3 Å². The molecule has 0 radical (unpaired) electrons. The lowest BCUT2D eigenvalue weighted by atomic mass is 9.88. The van der Waals surface area contributed by atoms with Crippen LogP contribution in [0.15, 0.2) is 65.2 Å². The van der Waals surface area contributed by atoms with Crippen LogP contribution in [0, 0.1) is 0 Å². The number of allylic oxidation sites excluding steroid dienone is 1. The van der Waals surface area contributed by atoms with Crippen LogP contribution in [0.4, 0.5) is 11.4 Å². The number of nitrogens with one attached hydrogen (secondary N) is 1. The number of rotatable bonds is 9. The van der Waals surface area contributed by atoms with Crippen LogP contribution < -0.4 is 10.2 Å². The van der Waals surface area contributed by atoms with Crippen molar-refractivity contribution in [1.29, 1.82) is 0 Å². The van der Waals surface area contributed by atoms with E-state index in [0.29, 0.717) is 28.2 Å². The van der Waals surface area contributed by atoms with E-state index in [1.54, 1.807) is 53.4 Å². The first kappa shape index (κ1) is 25.7. The van der Waals surface area contributed by atoms with Crippen molar-refractivity contribution in [1.82, 2.24) is 5.32 Å². The molecule has 1 amide bonds. The van der Waals surface area contributed by atoms with Crippen LogP contribution in [-0.4, -0.2) is 64.5 Å². The molecule has 10 nitrogen and oxygen atoms in total. The molecular formula is C22H25N3O7P2. The zero-order valence-corrected chi connectivity index (χ0v) is 20.2. The van der Waals surface area contributed by atoms with Crippen molar-refractivity contribution >= 4 is 44.4 Å². The number of likely N-dealkylation sites (N-methyl/N-ethyl adjacent to an activating group) is 1. The van der Waals surface area contributed by atoms with E-state index in [4.69, 9.17) is 0 Å². The monoisotopic (exact) mass is 505 g/mol. The van der Waals surface area contributed by atoms with Crippen molar-refractivity contribution in [3.63, 3.8) is 0 Å². The number of hydrogen-bond donors (Lipinski definition) is 4. The predicted molar refractivity (Wildman–Crippen MR) is 131 cm³/mol. The summed E-state index contributed by atoms with van der Waals surface area (Å²) in [5, 5.41) is 2.46. The van der Waals surface area contributed by atoms with Crippen molar-refractivity contribution < 1.29 is 33.4 Å². The third kappa shape index (κ3) is 6.59. The predicted octanol–water partition coefficient (Wildman–Crippen LogP) is 2.13. The molecule has 0 saturated heterocycles. The van der Waals surface area contributed by atoms with E-state index in [0.717, 1.165) is 0 Å². The number of carbonyl (C=O) groups excluding carboxylic acids is 2. The molecule has 0 saturated carbocycles. The van der Waals surface area contributed by atoms with Gasteiger partial charge in [-0.3, -0.25) is 18.7 Å². The number of ketones is 1. The Morgan fingerprint density at radius 1 is 1.09 bits per heavy atom. The van der Waals surface area contributed by atoms with Crippen molar-refractivity contribution in [2.75, 3.05) is 37.4 Å². The molecular weight excluding hydrogens is 480 g/mol. The highest BCUT2D eigenvalue weighted by atomic mass is 31.2. The third-order valence-corrected chi connectivity index (χ3v) is 6.60. The minimum absolute atomic E-state index is 0.00620. The largest absolute Gasteiger partial charge is 0.370 e. The Balaban J connectivity index is 1.92. The smallest absolute Gasteiger partial charge is 0.327 e. The van der Waals surface area contributed by atoms with Gasteiger partial charge in [0.15, 0.2) is 13.8 Å². The van der Waals surface area contributed by atoms with Gasteiger partial charge in [0.2, 0.25) is 0 Å². The number of fused-ring (bicyclic) bond motifs is 1. The van der Waals surface area contributed by atoms with E-state index in [1.165, 1.54) is 13.1 Å². The van der Waals surface area contributed by atoms with Gasteiger partial charge in [-0.25, -0.2) is 4.99 Å². The zero-order chi connectivity index (χ0) is 24.9. The number of nitrogens with zero attached hydrogens (tertiary/aromatic N) is 2. The minimum atomic E-state index is -4.24. The number of hydrogen-bond acceptors (Lipinski definition) is 6. The molecule has 0 spiro atoms. The quantitative estimate of drug-likeness (QED) is 0.298. The Kier molecular flexibility index (Phi) is 8.36. The van der Waals surface area contributed by atoms with Gasteiger partial charge in [-0.1, -0.05) is 24.3 Å². The normalized spacial score (nSPS) is 15.5. The van der Waals surface area contributed by atoms with Crippen LogP contribution in [-0.2, 0) is 13.9 Å². The van der Waals surface area contributed by atoms with Gasteiger partial charge in [-0.2, -0.15) is 0 Å². The number of aliphatic imine (C=N–C) groups is 1. The molecule has 0 aliphatic heterocycles. The molecule has 1 atom stereocenters. The van der Waals surface area contributed by atoms with Gasteiger partial charge < -0.3 is 24.9 Å². The molecule has 1 unspecified atom stereocenters. The molecule has 180 valence electrons. The standard InChI is InChI=1S/C22H25N3O7P2/c1-23-22(27)19-14-20(17-4-2-3-5-18(17)21(19)26)24-15-6-8-16(9-7-15)25(10-12-33(28)29)11-13-34(30,31)32/h2-9,14,33H,10-13H2,1H3,(H,23,27)(H,28,29)(H2,30,31,32)/b24-20+. The minimum Gasteiger partial charge on any atom is -0.370 e. The average molecular weight is 505 g/mol. The number of anilines is 1. The molecule has 0 aromatic heterocycles. The van der Waals surface area contributed by atoms with Crippen molar-refractivity contribution in [3.8, 4) is 0 Å². The molecule has 34 heavy (non-hydrogen) atoms. The van der Waals surface area contributed by atoms with E-state index in [2.05, 4.69) is 10.3 Å². The van der Waals surface area contributed by atoms with E-state index in [9.17, 15) is 33.4 Å². The number of carbonyl (C=O) groups is 2. The molecule has 1 aliphatic rings. The summed E-state index contributed by atoms with van der Waals surface area (Å²) in [6.07, 6.45) is 1.05. The fourth-order valence-electron chi connectivity index (χ4n) is 3.45. The molecule has 1 aliphatic carbocycles. The Bertz CT molecular complexity index is 1220. The van der Waals surface area contributed by atoms with Crippen LogP contribution >= 0.6 is 15.6 Å². The Labute approximate surface area is 197 Å². The lowest BCUT2D eigenvalue weighted by Crippen LogP contribution is -2.29. The maximum Gasteiger partial charge on any atom is 0.327 e. The zero-order valence-electron chi connectivity index (χ0n) is 18.3. The van der Waals surface area contributed by atoms with Gasteiger partial charge in [0, 0.05) is 43.1 Å². The molecule has 0 fully saturated rings. The number of amides is 1. The summed E-state index contributed by atoms with van der Waals surface area (Å²) >= 11 is 0. The Morgan fingerprint density at radius 3 is 2.32 bits per heavy atom. The lowest BCUT2D eigenvalue weighted by Gasteiger charge is -2.24. The summed E-state index contributed by atoms with van der Waals surface area (Å²) in [4.78, 5) is 58.7. The van der Waals surface area contributed by atoms with Crippen LogP contribution in [0.25, 0.3) is 0 Å². The van der Waals surface area contributed by atoms with E-state index in [1.807, 2.05) is 0 Å². The van der Waals surface area contributed by atoms with E-state index < -0.39 is 21.5 Å². The van der Waals surface area contributed by atoms with Crippen LogP contribution in [0.3, 0.4) is 0 Å². The average Bonchev–Trinajstić information content (AvgIpc) is 2.80. The van der Waals surface area contributed by atoms with Gasteiger partial charge in [0.1, 0.15) is 0 Å². The fraction of sp³-hybridized carbons (Fsp3) is 0.227. The van der Waals surface area contributed by atoms with Gasteiger partial charge in [0.05, 0.1) is 23.1 Å². The summed E-state index contributed by atoms with van der Waals surface area (Å²) in [5.74, 6) is -0.889. The maximum atomic E-state index is 12.7. The molecule has 4 N–H and O–H groups in total. The second-order valence-electron chi connectivity index (χ2n) is 7.54. The lowest BCUT2D eigenvalue weighted by molar-refractivity contribution is -0.116. The van der Waals surface area contributed by atoms with Gasteiger partial charge >= 0.3 is 7.60 Å². The Morgan fingerprint density at radius 2 is 1.74 bits per heavy atom. The summed E-state index contributed by atoms with van der Waals surface area (Å²) in [6, 6.07) is 13.6. The first-order valence-electron chi connectivity index (χ1n) is 10.4. The molecule has 2 aromatic carbocycles. The number of Topliss-reactive ketones (excluding diaryl/α,β-unsaturated/α-hetero) is 1. The summed E-state index contributed by atoms with van der Waals surface area (Å²) in [6.45, 7) is 0.177. The Hall–Kier alpha value is -2.87. The molecule has 0 bridgehead atoms. The second-order valence-corrected chi connectivity index (χ2v) is 10.6. The highest BCUT2D eigenvalue weighted by Gasteiger charge is 2.27. The molecule has 0 heterocycles. The highest BCUT2D eigenvalue weighted by Crippen LogP contribution is 2.34. The maximum absolute atomic E-state index is 12.7. The molecule has 12 heteroatoms. The van der Waals surface area contributed by atoms with Crippen LogP contribution in [0.2, 0.25) is 0 Å². The summed E-state index contributed by atoms with van der Waals surface area (Å²) in [7, 11) is -5.53. The second kappa shape index (κ2) is 11.0. The summed E-state index contributed by atoms with van der Waals surface area (Å²) < 4.78 is 22.4. The molecule has 2 aromatic rings. The number of benzene rings is 2. The highest BCUT2D eigenvalue weighted by molar-refractivity contribution is 7.51. The van der Waals surface area contributed by atoms with Crippen molar-refractivity contribution in [2.45, 2.75) is 0 Å². The molecule has 3 rings (SSSR count). The van der Waals surface area contributed by atoms with E-state index in [-0.39, 0.29) is 36.8 Å². The van der Waals surface area contributed by atoms with Crippen LogP contribution in [0.1, 0.15) is 15.9 Å². The van der Waals surface area contributed by atoms with E-state index >= 15 is 0 Å². The first-order valence-corrected chi connectivity index (χ1v) is 13.7. The van der Waals surface area contributed by atoms with Gasteiger partial charge in [-0.15, -0.1) is 0 Å². The van der Waals surface area contributed by atoms with Gasteiger partial charge in [0.25, 0.3) is 5.91 Å². The van der Waals surface area contributed by atoms with Crippen molar-refractivity contribution in [3.05, 3.63) is 71.3 Å². The summed E-state index contributed by atoms with van der Waals surface area (Å²) in [5.41, 5.74) is 2.54. The van der Waals surface area contributed by atoms with Crippen molar-refractivity contribution in [2.24, 2.45) is 4.99 Å². The third-order valence-electron chi connectivity index (χ3n) is 5.17. The SMILES string of the molecule is CNC(=O)C1=C/C(=N\c2ccc(N(CC[PH](=O)O)CCP(=O)(O)O)cc2)c2ccccc2C1=O.